The Bertz CT molecular complexity index is 747. The first-order valence-electron chi connectivity index (χ1n) is 6.22. The van der Waals surface area contributed by atoms with Gasteiger partial charge in [-0.05, 0) is 13.0 Å². The molecule has 116 valence electrons. The molecule has 0 radical (unpaired) electrons. The molecule has 0 aliphatic carbocycles. The van der Waals surface area contributed by atoms with Crippen molar-refractivity contribution in [1.29, 1.82) is 0 Å². The monoisotopic (exact) mass is 306 g/mol. The van der Waals surface area contributed by atoms with E-state index in [0.29, 0.717) is 0 Å². The Labute approximate surface area is 124 Å². The van der Waals surface area contributed by atoms with E-state index in [1.807, 2.05) is 0 Å². The second-order valence-electron chi connectivity index (χ2n) is 4.52. The van der Waals surface area contributed by atoms with Crippen molar-refractivity contribution >= 4 is 23.5 Å². The number of aromatic nitrogens is 4. The quantitative estimate of drug-likeness (QED) is 0.686. The molecule has 0 spiro atoms. The van der Waals surface area contributed by atoms with E-state index in [2.05, 4.69) is 15.5 Å². The fourth-order valence-electron chi connectivity index (χ4n) is 1.91. The topological polar surface area (TPSA) is 145 Å². The SMILES string of the molecule is CC(C(=O)O)n1nccc1C(=O)Nc1cnn(C)c1C(N)=O. The minimum Gasteiger partial charge on any atom is -0.480 e. The van der Waals surface area contributed by atoms with Crippen LogP contribution in [0.15, 0.2) is 18.5 Å². The minimum atomic E-state index is -1.13. The molecule has 0 fully saturated rings. The lowest BCUT2D eigenvalue weighted by Crippen LogP contribution is -2.25. The Morgan fingerprint density at radius 1 is 1.36 bits per heavy atom. The lowest BCUT2D eigenvalue weighted by Gasteiger charge is -2.11. The van der Waals surface area contributed by atoms with E-state index in [1.165, 1.54) is 37.1 Å². The summed E-state index contributed by atoms with van der Waals surface area (Å²) in [6, 6.07) is 0.356. The van der Waals surface area contributed by atoms with Crippen LogP contribution in [-0.4, -0.2) is 42.5 Å². The van der Waals surface area contributed by atoms with Gasteiger partial charge in [0.25, 0.3) is 11.8 Å². The molecule has 0 saturated heterocycles. The van der Waals surface area contributed by atoms with Crippen LogP contribution in [0.1, 0.15) is 33.9 Å². The molecule has 2 rings (SSSR count). The standard InChI is InChI=1S/C12H14N6O4/c1-6(12(21)22)18-8(3-4-14-18)11(20)16-7-5-15-17(2)9(7)10(13)19/h3-6H,1-2H3,(H2,13,19)(H,16,20)(H,21,22). The molecule has 2 amide bonds. The third kappa shape index (κ3) is 2.66. The number of nitrogens with zero attached hydrogens (tertiary/aromatic N) is 4. The average Bonchev–Trinajstić information content (AvgIpc) is 3.04. The number of hydrogen-bond acceptors (Lipinski definition) is 5. The van der Waals surface area contributed by atoms with E-state index in [0.717, 1.165) is 4.68 Å². The van der Waals surface area contributed by atoms with Crippen molar-refractivity contribution in [3.05, 3.63) is 29.8 Å². The van der Waals surface area contributed by atoms with Crippen LogP contribution in [0.3, 0.4) is 0 Å². The van der Waals surface area contributed by atoms with Crippen molar-refractivity contribution in [3.8, 4) is 0 Å². The van der Waals surface area contributed by atoms with E-state index in [-0.39, 0.29) is 17.1 Å². The zero-order valence-electron chi connectivity index (χ0n) is 11.8. The van der Waals surface area contributed by atoms with Gasteiger partial charge in [-0.2, -0.15) is 10.2 Å². The van der Waals surface area contributed by atoms with E-state index >= 15 is 0 Å². The third-order valence-electron chi connectivity index (χ3n) is 3.05. The first-order chi connectivity index (χ1) is 10.3. The number of rotatable bonds is 5. The molecule has 1 unspecified atom stereocenters. The number of carbonyl (C=O) groups is 3. The van der Waals surface area contributed by atoms with Gasteiger partial charge in [-0.1, -0.05) is 0 Å². The van der Waals surface area contributed by atoms with Crippen LogP contribution in [0.2, 0.25) is 0 Å². The average molecular weight is 306 g/mol. The Kier molecular flexibility index (Phi) is 3.93. The lowest BCUT2D eigenvalue weighted by atomic mass is 10.3. The largest absolute Gasteiger partial charge is 0.480 e. The predicted octanol–water partition coefficient (Wildman–Crippen LogP) is -0.387. The van der Waals surface area contributed by atoms with Gasteiger partial charge in [-0.3, -0.25) is 14.3 Å². The molecule has 0 aliphatic heterocycles. The fourth-order valence-corrected chi connectivity index (χ4v) is 1.91. The summed E-state index contributed by atoms with van der Waals surface area (Å²) in [6.45, 7) is 1.39. The molecule has 22 heavy (non-hydrogen) atoms. The van der Waals surface area contributed by atoms with Gasteiger partial charge in [-0.15, -0.1) is 0 Å². The van der Waals surface area contributed by atoms with Gasteiger partial charge in [-0.25, -0.2) is 9.48 Å². The van der Waals surface area contributed by atoms with Crippen LogP contribution in [0.5, 0.6) is 0 Å². The Balaban J connectivity index is 2.30. The van der Waals surface area contributed by atoms with Crippen LogP contribution >= 0.6 is 0 Å². The molecule has 0 saturated carbocycles. The van der Waals surface area contributed by atoms with E-state index < -0.39 is 23.8 Å². The number of anilines is 1. The Morgan fingerprint density at radius 3 is 2.64 bits per heavy atom. The van der Waals surface area contributed by atoms with Gasteiger partial charge < -0.3 is 16.2 Å². The number of nitrogens with two attached hydrogens (primary N) is 1. The first-order valence-corrected chi connectivity index (χ1v) is 6.22. The van der Waals surface area contributed by atoms with Crippen molar-refractivity contribution in [2.75, 3.05) is 5.32 Å². The molecular weight excluding hydrogens is 292 g/mol. The maximum absolute atomic E-state index is 12.3. The minimum absolute atomic E-state index is 0.0331. The van der Waals surface area contributed by atoms with Gasteiger partial charge in [0.1, 0.15) is 17.4 Å². The molecule has 2 aromatic rings. The highest BCUT2D eigenvalue weighted by Gasteiger charge is 2.23. The zero-order valence-corrected chi connectivity index (χ0v) is 11.8. The maximum atomic E-state index is 12.3. The number of primary amides is 1. The molecule has 4 N–H and O–H groups in total. The van der Waals surface area contributed by atoms with Gasteiger partial charge in [0.15, 0.2) is 0 Å². The molecule has 0 bridgehead atoms. The van der Waals surface area contributed by atoms with Crippen LogP contribution < -0.4 is 11.1 Å². The Morgan fingerprint density at radius 2 is 2.05 bits per heavy atom. The van der Waals surface area contributed by atoms with Gasteiger partial charge in [0.05, 0.1) is 11.9 Å². The van der Waals surface area contributed by atoms with E-state index in [9.17, 15) is 14.4 Å². The maximum Gasteiger partial charge on any atom is 0.328 e. The number of carboxylic acids is 1. The van der Waals surface area contributed by atoms with E-state index in [4.69, 9.17) is 10.8 Å². The second kappa shape index (κ2) is 5.68. The molecule has 0 aromatic carbocycles. The summed E-state index contributed by atoms with van der Waals surface area (Å²) < 4.78 is 2.30. The number of amides is 2. The predicted molar refractivity (Wildman–Crippen MR) is 74.3 cm³/mol. The molecule has 0 aliphatic rings. The summed E-state index contributed by atoms with van der Waals surface area (Å²) in [5.74, 6) is -2.50. The van der Waals surface area contributed by atoms with E-state index in [1.54, 1.807) is 0 Å². The van der Waals surface area contributed by atoms with Crippen LogP contribution in [-0.2, 0) is 11.8 Å². The van der Waals surface area contributed by atoms with Crippen LogP contribution in [0, 0.1) is 0 Å². The summed E-state index contributed by atoms with van der Waals surface area (Å²) in [7, 11) is 1.51. The number of carboxylic acid groups (broad SMARTS) is 1. The number of hydrogen-bond donors (Lipinski definition) is 3. The molecule has 2 heterocycles. The normalized spacial score (nSPS) is 11.9. The number of nitrogens with one attached hydrogen (secondary N) is 1. The number of aryl methyl sites for hydroxylation is 1. The van der Waals surface area contributed by atoms with Gasteiger partial charge in [0, 0.05) is 13.2 Å². The van der Waals surface area contributed by atoms with Gasteiger partial charge >= 0.3 is 5.97 Å². The number of carbonyl (C=O) groups excluding carboxylic acids is 2. The number of aliphatic carboxylic acids is 1. The molecule has 2 aromatic heterocycles. The summed E-state index contributed by atoms with van der Waals surface area (Å²) in [4.78, 5) is 34.6. The second-order valence-corrected chi connectivity index (χ2v) is 4.52. The smallest absolute Gasteiger partial charge is 0.328 e. The fraction of sp³-hybridized carbons (Fsp3) is 0.250. The van der Waals surface area contributed by atoms with Crippen molar-refractivity contribution < 1.29 is 19.5 Å². The summed E-state index contributed by atoms with van der Waals surface area (Å²) in [5.41, 5.74) is 5.43. The summed E-state index contributed by atoms with van der Waals surface area (Å²) in [6.07, 6.45) is 2.59. The molecular formula is C12H14N6O4. The lowest BCUT2D eigenvalue weighted by molar-refractivity contribution is -0.140. The van der Waals surface area contributed by atoms with Crippen molar-refractivity contribution in [2.45, 2.75) is 13.0 Å². The molecule has 10 heteroatoms. The highest BCUT2D eigenvalue weighted by atomic mass is 16.4. The van der Waals surface area contributed by atoms with Crippen LogP contribution in [0.4, 0.5) is 5.69 Å². The highest BCUT2D eigenvalue weighted by molar-refractivity contribution is 6.07. The van der Waals surface area contributed by atoms with Crippen molar-refractivity contribution in [3.63, 3.8) is 0 Å². The Hall–Kier alpha value is -3.17. The van der Waals surface area contributed by atoms with Crippen LogP contribution in [0.25, 0.3) is 0 Å². The molecule has 1 atom stereocenters. The molecule has 10 nitrogen and oxygen atoms in total. The van der Waals surface area contributed by atoms with Crippen molar-refractivity contribution in [1.82, 2.24) is 19.6 Å². The third-order valence-corrected chi connectivity index (χ3v) is 3.05. The van der Waals surface area contributed by atoms with Crippen molar-refractivity contribution in [2.24, 2.45) is 12.8 Å². The first kappa shape index (κ1) is 15.2. The summed E-state index contributed by atoms with van der Waals surface area (Å²) in [5, 5.41) is 19.1. The zero-order chi connectivity index (χ0) is 16.4. The van der Waals surface area contributed by atoms with Gasteiger partial charge in [0.2, 0.25) is 0 Å². The summed E-state index contributed by atoms with van der Waals surface area (Å²) >= 11 is 0. The highest BCUT2D eigenvalue weighted by Crippen LogP contribution is 2.16.